The standard InChI is InChI=1S/C16H19N3O2S/c1-16(2,3)19-15(12-9-22-10-13(12)18-19)17-14(20)7-6-11-5-4-8-21-11/h4-8H,9-10H2,1-3H3,(H,17,20). The minimum Gasteiger partial charge on any atom is -0.465 e. The van der Waals surface area contributed by atoms with Crippen molar-refractivity contribution in [1.82, 2.24) is 9.78 Å². The summed E-state index contributed by atoms with van der Waals surface area (Å²) in [7, 11) is 0. The van der Waals surface area contributed by atoms with E-state index in [0.29, 0.717) is 5.76 Å². The molecule has 116 valence electrons. The Hall–Kier alpha value is -1.95. The maximum Gasteiger partial charge on any atom is 0.249 e. The lowest BCUT2D eigenvalue weighted by Gasteiger charge is -2.23. The normalized spacial score (nSPS) is 14.5. The van der Waals surface area contributed by atoms with E-state index in [1.807, 2.05) is 16.4 Å². The van der Waals surface area contributed by atoms with Gasteiger partial charge in [-0.1, -0.05) is 0 Å². The molecule has 1 aliphatic rings. The fourth-order valence-electron chi connectivity index (χ4n) is 2.33. The van der Waals surface area contributed by atoms with Crippen LogP contribution in [0.2, 0.25) is 0 Å². The number of hydrogen-bond acceptors (Lipinski definition) is 4. The van der Waals surface area contributed by atoms with E-state index in [1.54, 1.807) is 24.5 Å². The summed E-state index contributed by atoms with van der Waals surface area (Å²) in [5, 5.41) is 7.64. The second kappa shape index (κ2) is 5.68. The molecule has 1 amide bonds. The van der Waals surface area contributed by atoms with Crippen LogP contribution < -0.4 is 5.32 Å². The van der Waals surface area contributed by atoms with E-state index >= 15 is 0 Å². The van der Waals surface area contributed by atoms with Crippen LogP contribution in [-0.4, -0.2) is 15.7 Å². The highest BCUT2D eigenvalue weighted by molar-refractivity contribution is 7.98. The molecule has 0 spiro atoms. The molecule has 2 aromatic rings. The molecule has 3 rings (SSSR count). The van der Waals surface area contributed by atoms with E-state index in [9.17, 15) is 4.79 Å². The van der Waals surface area contributed by atoms with Gasteiger partial charge in [-0.2, -0.15) is 16.9 Å². The van der Waals surface area contributed by atoms with E-state index in [4.69, 9.17) is 4.42 Å². The number of carbonyl (C=O) groups excluding carboxylic acids is 1. The van der Waals surface area contributed by atoms with Crippen molar-refractivity contribution in [2.45, 2.75) is 37.8 Å². The highest BCUT2D eigenvalue weighted by atomic mass is 32.2. The number of thioether (sulfide) groups is 1. The van der Waals surface area contributed by atoms with Crippen LogP contribution in [0.1, 0.15) is 37.8 Å². The van der Waals surface area contributed by atoms with Crippen molar-refractivity contribution in [3.63, 3.8) is 0 Å². The van der Waals surface area contributed by atoms with Gasteiger partial charge in [-0.25, -0.2) is 4.68 Å². The third-order valence-corrected chi connectivity index (χ3v) is 4.34. The Bertz CT molecular complexity index is 709. The third kappa shape index (κ3) is 2.97. The zero-order chi connectivity index (χ0) is 15.7. The van der Waals surface area contributed by atoms with Gasteiger partial charge in [-0.15, -0.1) is 0 Å². The molecule has 1 aliphatic heterocycles. The fraction of sp³-hybridized carbons (Fsp3) is 0.375. The number of nitrogens with zero attached hydrogens (tertiary/aromatic N) is 2. The van der Waals surface area contributed by atoms with Crippen LogP contribution in [0.15, 0.2) is 28.9 Å². The van der Waals surface area contributed by atoms with Gasteiger partial charge in [0.25, 0.3) is 0 Å². The fourth-order valence-corrected chi connectivity index (χ4v) is 3.36. The molecule has 0 aliphatic carbocycles. The monoisotopic (exact) mass is 317 g/mol. The lowest BCUT2D eigenvalue weighted by molar-refractivity contribution is -0.111. The van der Waals surface area contributed by atoms with Crippen molar-refractivity contribution in [2.75, 3.05) is 5.32 Å². The smallest absolute Gasteiger partial charge is 0.249 e. The lowest BCUT2D eigenvalue weighted by atomic mass is 10.1. The first-order valence-electron chi connectivity index (χ1n) is 7.17. The molecule has 0 bridgehead atoms. The molecule has 2 aromatic heterocycles. The Morgan fingerprint density at radius 1 is 1.45 bits per heavy atom. The second-order valence-corrected chi connectivity index (χ2v) is 7.17. The maximum atomic E-state index is 12.2. The first kappa shape index (κ1) is 15.0. The number of nitrogens with one attached hydrogen (secondary N) is 1. The number of fused-ring (bicyclic) bond motifs is 1. The van der Waals surface area contributed by atoms with Crippen LogP contribution in [0.25, 0.3) is 6.08 Å². The summed E-state index contributed by atoms with van der Waals surface area (Å²) in [5.74, 6) is 3.08. The first-order valence-corrected chi connectivity index (χ1v) is 8.32. The zero-order valence-corrected chi connectivity index (χ0v) is 13.7. The van der Waals surface area contributed by atoms with Crippen molar-refractivity contribution in [3.8, 4) is 0 Å². The summed E-state index contributed by atoms with van der Waals surface area (Å²) in [6.07, 6.45) is 4.71. The first-order chi connectivity index (χ1) is 10.4. The highest BCUT2D eigenvalue weighted by Gasteiger charge is 2.28. The largest absolute Gasteiger partial charge is 0.465 e. The Morgan fingerprint density at radius 2 is 2.27 bits per heavy atom. The van der Waals surface area contributed by atoms with E-state index in [2.05, 4.69) is 31.2 Å². The minimum atomic E-state index is -0.179. The Morgan fingerprint density at radius 3 is 2.95 bits per heavy atom. The summed E-state index contributed by atoms with van der Waals surface area (Å²) in [6, 6.07) is 3.59. The van der Waals surface area contributed by atoms with Crippen LogP contribution >= 0.6 is 11.8 Å². The number of rotatable bonds is 3. The van der Waals surface area contributed by atoms with Crippen molar-refractivity contribution in [2.24, 2.45) is 0 Å². The van der Waals surface area contributed by atoms with Crippen molar-refractivity contribution in [3.05, 3.63) is 41.5 Å². The molecule has 5 nitrogen and oxygen atoms in total. The molecule has 0 radical (unpaired) electrons. The summed E-state index contributed by atoms with van der Waals surface area (Å²) >= 11 is 1.82. The predicted octanol–water partition coefficient (Wildman–Crippen LogP) is 3.63. The van der Waals surface area contributed by atoms with E-state index in [1.165, 1.54) is 6.08 Å². The van der Waals surface area contributed by atoms with Gasteiger partial charge < -0.3 is 9.73 Å². The van der Waals surface area contributed by atoms with E-state index in [0.717, 1.165) is 28.6 Å². The summed E-state index contributed by atoms with van der Waals surface area (Å²) < 4.78 is 7.10. The van der Waals surface area contributed by atoms with Crippen LogP contribution in [-0.2, 0) is 21.8 Å². The summed E-state index contributed by atoms with van der Waals surface area (Å²) in [5.41, 5.74) is 2.03. The van der Waals surface area contributed by atoms with Crippen molar-refractivity contribution < 1.29 is 9.21 Å². The average molecular weight is 317 g/mol. The molecule has 3 heterocycles. The van der Waals surface area contributed by atoms with E-state index < -0.39 is 0 Å². The number of hydrogen-bond donors (Lipinski definition) is 1. The Balaban J connectivity index is 1.84. The molecular formula is C16H19N3O2S. The number of anilines is 1. The van der Waals surface area contributed by atoms with Gasteiger partial charge in [0, 0.05) is 23.1 Å². The summed E-state index contributed by atoms with van der Waals surface area (Å²) in [6.45, 7) is 6.24. The zero-order valence-electron chi connectivity index (χ0n) is 12.9. The quantitative estimate of drug-likeness (QED) is 0.878. The maximum absolute atomic E-state index is 12.2. The Kier molecular flexibility index (Phi) is 3.87. The SMILES string of the molecule is CC(C)(C)n1nc2c(c1NC(=O)C=Cc1ccco1)CSC2. The molecule has 0 saturated heterocycles. The van der Waals surface area contributed by atoms with E-state index in [-0.39, 0.29) is 11.4 Å². The molecule has 0 fully saturated rings. The molecule has 0 aromatic carbocycles. The van der Waals surface area contributed by atoms with Crippen LogP contribution in [0.5, 0.6) is 0 Å². The van der Waals surface area contributed by atoms with Crippen LogP contribution in [0.3, 0.4) is 0 Å². The minimum absolute atomic E-state index is 0.178. The Labute approximate surface area is 133 Å². The van der Waals surface area contributed by atoms with Crippen LogP contribution in [0, 0.1) is 0 Å². The van der Waals surface area contributed by atoms with Gasteiger partial charge in [-0.3, -0.25) is 4.79 Å². The lowest BCUT2D eigenvalue weighted by Crippen LogP contribution is -2.26. The molecule has 22 heavy (non-hydrogen) atoms. The van der Waals surface area contributed by atoms with Gasteiger partial charge in [-0.05, 0) is 39.0 Å². The molecule has 1 N–H and O–H groups in total. The van der Waals surface area contributed by atoms with Gasteiger partial charge in [0.2, 0.25) is 5.91 Å². The van der Waals surface area contributed by atoms with Gasteiger partial charge >= 0.3 is 0 Å². The van der Waals surface area contributed by atoms with Crippen LogP contribution in [0.4, 0.5) is 5.82 Å². The third-order valence-electron chi connectivity index (χ3n) is 3.37. The van der Waals surface area contributed by atoms with Gasteiger partial charge in [0.1, 0.15) is 11.6 Å². The molecular weight excluding hydrogens is 298 g/mol. The van der Waals surface area contributed by atoms with Gasteiger partial charge in [0.15, 0.2) is 0 Å². The molecule has 6 heteroatoms. The number of carbonyl (C=O) groups is 1. The molecule has 0 saturated carbocycles. The highest BCUT2D eigenvalue weighted by Crippen LogP contribution is 2.37. The summed E-state index contributed by atoms with van der Waals surface area (Å²) in [4.78, 5) is 12.2. The second-order valence-electron chi connectivity index (χ2n) is 6.19. The van der Waals surface area contributed by atoms with Crippen molar-refractivity contribution in [1.29, 1.82) is 0 Å². The molecule has 0 unspecified atom stereocenters. The van der Waals surface area contributed by atoms with Gasteiger partial charge in [0.05, 0.1) is 17.5 Å². The molecule has 0 atom stereocenters. The topological polar surface area (TPSA) is 60.1 Å². The number of furan rings is 1. The number of amides is 1. The number of aromatic nitrogens is 2. The predicted molar refractivity (Wildman–Crippen MR) is 88.6 cm³/mol. The average Bonchev–Trinajstić information content (AvgIpc) is 3.13. The van der Waals surface area contributed by atoms with Crippen molar-refractivity contribution >= 4 is 29.6 Å².